The molecule has 3 saturated heterocycles. The number of hydrogen-bond acceptors (Lipinski definition) is 5. The molecule has 0 radical (unpaired) electrons. The molecule has 3 aromatic carbocycles. The average molecular weight is 717 g/mol. The van der Waals surface area contributed by atoms with Crippen LogP contribution in [-0.4, -0.2) is 42.4 Å². The van der Waals surface area contributed by atoms with Crippen LogP contribution in [0.3, 0.4) is 0 Å². The summed E-state index contributed by atoms with van der Waals surface area (Å²) in [6.45, 7) is 3.61. The predicted octanol–water partition coefficient (Wildman–Crippen LogP) is 9.42. The molecule has 3 aliphatic heterocycles. The van der Waals surface area contributed by atoms with Crippen molar-refractivity contribution in [2.45, 2.75) is 74.9 Å². The molecule has 6 rings (SSSR count). The zero-order valence-electron chi connectivity index (χ0n) is 26.5. The van der Waals surface area contributed by atoms with Crippen LogP contribution in [0.5, 0.6) is 5.75 Å². The van der Waals surface area contributed by atoms with Crippen molar-refractivity contribution in [2.24, 2.45) is 0 Å². The monoisotopic (exact) mass is 716 g/mol. The lowest BCUT2D eigenvalue weighted by atomic mass is 9.81. The molecule has 2 amide bonds. The normalized spacial score (nSPS) is 23.6. The number of alkyl carbamates (subject to hydrolysis) is 1. The van der Waals surface area contributed by atoms with E-state index in [1.165, 1.54) is 13.2 Å². The fourth-order valence-electron chi connectivity index (χ4n) is 7.09. The maximum Gasteiger partial charge on any atom is 0.416 e. The summed E-state index contributed by atoms with van der Waals surface area (Å²) < 4.78 is 141. The molecule has 268 valence electrons. The summed E-state index contributed by atoms with van der Waals surface area (Å²) in [5.74, 6) is -0.143. The van der Waals surface area contributed by atoms with Gasteiger partial charge in [0, 0.05) is 18.0 Å². The number of hydrogen-bond donors (Lipinski definition) is 1. The third-order valence-electron chi connectivity index (χ3n) is 9.45. The molecule has 0 bridgehead atoms. The lowest BCUT2D eigenvalue weighted by molar-refractivity contribution is -0.143. The summed E-state index contributed by atoms with van der Waals surface area (Å²) in [4.78, 5) is 26.4. The highest BCUT2D eigenvalue weighted by molar-refractivity contribution is 5.78. The fraction of sp³-hybridized carbons (Fsp3) is 0.412. The minimum atomic E-state index is -5.15. The number of halogens is 9. The smallest absolute Gasteiger partial charge is 0.416 e. The van der Waals surface area contributed by atoms with Crippen molar-refractivity contribution >= 4 is 12.2 Å². The summed E-state index contributed by atoms with van der Waals surface area (Å²) in [5.41, 5.74) is -4.52. The molecule has 7 nitrogen and oxygen atoms in total. The number of amides is 2. The quantitative estimate of drug-likeness (QED) is 0.267. The van der Waals surface area contributed by atoms with E-state index in [4.69, 9.17) is 14.2 Å². The number of ether oxygens (including phenoxy) is 3. The number of alkyl halides is 9. The number of benzene rings is 3. The van der Waals surface area contributed by atoms with Gasteiger partial charge >= 0.3 is 30.7 Å². The molecule has 3 heterocycles. The molecular weight excluding hydrogens is 687 g/mol. The van der Waals surface area contributed by atoms with Crippen molar-refractivity contribution in [2.75, 3.05) is 13.7 Å². The number of methoxy groups -OCH3 is 1. The van der Waals surface area contributed by atoms with E-state index in [9.17, 15) is 49.1 Å². The Balaban J connectivity index is 1.45. The molecule has 1 N–H and O–H groups in total. The summed E-state index contributed by atoms with van der Waals surface area (Å²) >= 11 is 0. The van der Waals surface area contributed by atoms with Crippen molar-refractivity contribution in [1.29, 1.82) is 0 Å². The molecule has 0 saturated carbocycles. The van der Waals surface area contributed by atoms with Crippen molar-refractivity contribution in [3.63, 3.8) is 0 Å². The van der Waals surface area contributed by atoms with Gasteiger partial charge < -0.3 is 19.5 Å². The van der Waals surface area contributed by atoms with Gasteiger partial charge in [-0.15, -0.1) is 0 Å². The minimum Gasteiger partial charge on any atom is -0.496 e. The standard InChI is InChI=1S/C34H29F9N2O5/c1-31(2)24(15-44-29(46)50-31)16-4-9-27(48-3)23(12-16)21-6-5-18(32(35,36)37)14-22(21)25-7-8-26-28(49-30(47)45(25)26)17-10-19(33(38,39)40)13-20(11-17)34(41,42)43/h4-6,9-14,24-26,28H,7-8,15H2,1-3H3,(H,44,46)/t24-,25?,26+,28-/m1/s1. The van der Waals surface area contributed by atoms with E-state index in [-0.39, 0.29) is 42.3 Å². The molecule has 0 spiro atoms. The van der Waals surface area contributed by atoms with Crippen molar-refractivity contribution < 1.29 is 63.3 Å². The van der Waals surface area contributed by atoms with Crippen LogP contribution in [-0.2, 0) is 28.0 Å². The Morgan fingerprint density at radius 3 is 2.00 bits per heavy atom. The van der Waals surface area contributed by atoms with E-state index in [0.29, 0.717) is 23.3 Å². The highest BCUT2D eigenvalue weighted by Crippen LogP contribution is 2.52. The Kier molecular flexibility index (Phi) is 8.45. The molecule has 1 unspecified atom stereocenters. The topological polar surface area (TPSA) is 77.1 Å². The van der Waals surface area contributed by atoms with Gasteiger partial charge in [-0.3, -0.25) is 4.90 Å². The van der Waals surface area contributed by atoms with Crippen LogP contribution < -0.4 is 10.1 Å². The van der Waals surface area contributed by atoms with E-state index in [0.717, 1.165) is 17.0 Å². The van der Waals surface area contributed by atoms with Gasteiger partial charge in [0.15, 0.2) is 0 Å². The van der Waals surface area contributed by atoms with E-state index >= 15 is 0 Å². The summed E-state index contributed by atoms with van der Waals surface area (Å²) in [6, 6.07) is 6.67. The second-order valence-electron chi connectivity index (χ2n) is 12.9. The Labute approximate surface area is 279 Å². The first kappa shape index (κ1) is 35.2. The Morgan fingerprint density at radius 1 is 0.780 bits per heavy atom. The third kappa shape index (κ3) is 6.39. The van der Waals surface area contributed by atoms with Crippen molar-refractivity contribution in [3.05, 3.63) is 88.0 Å². The lowest BCUT2D eigenvalue weighted by Crippen LogP contribution is -2.49. The van der Waals surface area contributed by atoms with Crippen LogP contribution in [0, 0.1) is 0 Å². The highest BCUT2D eigenvalue weighted by atomic mass is 19.4. The molecule has 0 aliphatic carbocycles. The van der Waals surface area contributed by atoms with Crippen molar-refractivity contribution in [1.82, 2.24) is 10.2 Å². The van der Waals surface area contributed by atoms with E-state index in [2.05, 4.69) is 5.32 Å². The van der Waals surface area contributed by atoms with E-state index in [1.807, 2.05) is 0 Å². The SMILES string of the molecule is COc1ccc([C@H]2CNC(=O)OC2(C)C)cc1-c1ccc(C(F)(F)F)cc1C1CC[C@H]2[C@@H](c3cc(C(F)(F)F)cc(C(F)(F)F)c3)OC(=O)N12. The van der Waals surface area contributed by atoms with Gasteiger partial charge in [0.05, 0.1) is 35.9 Å². The van der Waals surface area contributed by atoms with E-state index in [1.54, 1.807) is 32.0 Å². The molecule has 3 aliphatic rings. The first-order valence-corrected chi connectivity index (χ1v) is 15.3. The van der Waals surface area contributed by atoms with Gasteiger partial charge in [0.1, 0.15) is 17.5 Å². The number of nitrogens with one attached hydrogen (secondary N) is 1. The Morgan fingerprint density at radius 2 is 1.42 bits per heavy atom. The van der Waals surface area contributed by atoms with E-state index < -0.39 is 82.7 Å². The number of carbonyl (C=O) groups excluding carboxylic acids is 2. The van der Waals surface area contributed by atoms with Gasteiger partial charge in [-0.05, 0) is 91.4 Å². The second kappa shape index (κ2) is 12.0. The fourth-order valence-corrected chi connectivity index (χ4v) is 7.09. The lowest BCUT2D eigenvalue weighted by Gasteiger charge is -2.38. The maximum absolute atomic E-state index is 14.1. The summed E-state index contributed by atoms with van der Waals surface area (Å²) in [7, 11) is 1.36. The van der Waals surface area contributed by atoms with Crippen LogP contribution >= 0.6 is 0 Å². The number of rotatable bonds is 5. The first-order chi connectivity index (χ1) is 23.2. The van der Waals surface area contributed by atoms with Crippen LogP contribution in [0.25, 0.3) is 11.1 Å². The predicted molar refractivity (Wildman–Crippen MR) is 158 cm³/mol. The zero-order valence-corrected chi connectivity index (χ0v) is 26.5. The first-order valence-electron chi connectivity index (χ1n) is 15.3. The van der Waals surface area contributed by atoms with Gasteiger partial charge in [-0.1, -0.05) is 12.1 Å². The molecule has 3 fully saturated rings. The Hall–Kier alpha value is -4.63. The molecule has 4 atom stereocenters. The number of carbonyl (C=O) groups is 2. The molecule has 16 heteroatoms. The van der Waals surface area contributed by atoms with Gasteiger partial charge in [-0.25, -0.2) is 9.59 Å². The zero-order chi connectivity index (χ0) is 36.6. The minimum absolute atomic E-state index is 0.00116. The summed E-state index contributed by atoms with van der Waals surface area (Å²) in [6.07, 6.45) is -18.4. The summed E-state index contributed by atoms with van der Waals surface area (Å²) in [5, 5.41) is 2.62. The average Bonchev–Trinajstić information content (AvgIpc) is 3.59. The maximum atomic E-state index is 14.1. The number of fused-ring (bicyclic) bond motifs is 1. The molecular formula is C34H29F9N2O5. The van der Waals surface area contributed by atoms with Gasteiger partial charge in [0.25, 0.3) is 0 Å². The van der Waals surface area contributed by atoms with Crippen LogP contribution in [0.15, 0.2) is 54.6 Å². The van der Waals surface area contributed by atoms with Crippen molar-refractivity contribution in [3.8, 4) is 16.9 Å². The second-order valence-corrected chi connectivity index (χ2v) is 12.9. The highest BCUT2D eigenvalue weighted by Gasteiger charge is 2.52. The number of cyclic esters (lactones) is 2. The van der Waals surface area contributed by atoms with Crippen LogP contribution in [0.4, 0.5) is 49.1 Å². The van der Waals surface area contributed by atoms with Gasteiger partial charge in [-0.2, -0.15) is 39.5 Å². The molecule has 3 aromatic rings. The third-order valence-corrected chi connectivity index (χ3v) is 9.45. The van der Waals surface area contributed by atoms with Gasteiger partial charge in [0.2, 0.25) is 0 Å². The van der Waals surface area contributed by atoms with Crippen LogP contribution in [0.2, 0.25) is 0 Å². The Bertz CT molecular complexity index is 1800. The van der Waals surface area contributed by atoms with Crippen LogP contribution in [0.1, 0.15) is 78.1 Å². The largest absolute Gasteiger partial charge is 0.496 e. The molecule has 0 aromatic heterocycles. The molecule has 50 heavy (non-hydrogen) atoms. The number of nitrogens with zero attached hydrogens (tertiary/aromatic N) is 1.